The predicted octanol–water partition coefficient (Wildman–Crippen LogP) is 3.58. The molecule has 8 heteroatoms. The van der Waals surface area contributed by atoms with Crippen molar-refractivity contribution in [1.82, 2.24) is 19.7 Å². The first-order chi connectivity index (χ1) is 16.2. The number of benzene rings is 2. The summed E-state index contributed by atoms with van der Waals surface area (Å²) in [5.74, 6) is 0.709. The summed E-state index contributed by atoms with van der Waals surface area (Å²) < 4.78 is 1.87. The second-order valence-electron chi connectivity index (χ2n) is 9.56. The fourth-order valence-corrected chi connectivity index (χ4v) is 4.50. The maximum Gasteiger partial charge on any atom is 0.243 e. The highest BCUT2D eigenvalue weighted by molar-refractivity contribution is 5.97. The highest BCUT2D eigenvalue weighted by atomic mass is 16.2. The van der Waals surface area contributed by atoms with E-state index in [0.29, 0.717) is 6.54 Å². The van der Waals surface area contributed by atoms with Crippen LogP contribution in [0.25, 0.3) is 22.2 Å². The molecule has 0 unspecified atom stereocenters. The van der Waals surface area contributed by atoms with Crippen molar-refractivity contribution in [3.8, 4) is 11.3 Å². The Morgan fingerprint density at radius 2 is 1.94 bits per heavy atom. The number of nitrogens with zero attached hydrogens (tertiary/aromatic N) is 5. The third-order valence-corrected chi connectivity index (χ3v) is 6.39. The van der Waals surface area contributed by atoms with Crippen molar-refractivity contribution in [2.24, 2.45) is 12.8 Å². The Bertz CT molecular complexity index is 1400. The fourth-order valence-electron chi connectivity index (χ4n) is 4.50. The van der Waals surface area contributed by atoms with Gasteiger partial charge in [0.2, 0.25) is 5.91 Å². The molecule has 4 aromatic rings. The molecular weight excluding hydrogens is 426 g/mol. The summed E-state index contributed by atoms with van der Waals surface area (Å²) in [6, 6.07) is 12.4. The van der Waals surface area contributed by atoms with Gasteiger partial charge in [0, 0.05) is 43.0 Å². The van der Waals surface area contributed by atoms with Gasteiger partial charge in [0.15, 0.2) is 0 Å². The third-order valence-electron chi connectivity index (χ3n) is 6.39. The third kappa shape index (κ3) is 4.01. The van der Waals surface area contributed by atoms with Crippen LogP contribution in [0.1, 0.15) is 30.5 Å². The normalized spacial score (nSPS) is 13.7. The lowest BCUT2D eigenvalue weighted by Crippen LogP contribution is -2.45. The van der Waals surface area contributed by atoms with E-state index in [2.05, 4.69) is 45.4 Å². The van der Waals surface area contributed by atoms with Crippen LogP contribution in [0.15, 0.2) is 48.9 Å². The average Bonchev–Trinajstić information content (AvgIpc) is 3.23. The van der Waals surface area contributed by atoms with E-state index in [1.165, 1.54) is 11.1 Å². The molecular formula is C26H29N7O. The summed E-state index contributed by atoms with van der Waals surface area (Å²) in [7, 11) is 1.95. The van der Waals surface area contributed by atoms with Crippen molar-refractivity contribution in [3.63, 3.8) is 0 Å². The summed E-state index contributed by atoms with van der Waals surface area (Å²) >= 11 is 0. The number of fused-ring (bicyclic) bond motifs is 2. The van der Waals surface area contributed by atoms with Crippen molar-refractivity contribution < 1.29 is 4.79 Å². The van der Waals surface area contributed by atoms with E-state index < -0.39 is 5.54 Å². The average molecular weight is 456 g/mol. The van der Waals surface area contributed by atoms with Crippen LogP contribution in [0, 0.1) is 6.92 Å². The minimum Gasteiger partial charge on any atom is -0.351 e. The van der Waals surface area contributed by atoms with Gasteiger partial charge in [0.1, 0.15) is 12.1 Å². The molecule has 34 heavy (non-hydrogen) atoms. The number of anilines is 2. The maximum absolute atomic E-state index is 12.3. The molecule has 1 aliphatic heterocycles. The molecule has 0 saturated carbocycles. The van der Waals surface area contributed by atoms with Gasteiger partial charge in [-0.15, -0.1) is 0 Å². The van der Waals surface area contributed by atoms with Crippen LogP contribution >= 0.6 is 0 Å². The molecule has 3 heterocycles. The van der Waals surface area contributed by atoms with Crippen LogP contribution in [0.3, 0.4) is 0 Å². The number of hydrogen-bond donors (Lipinski definition) is 2. The summed E-state index contributed by atoms with van der Waals surface area (Å²) in [4.78, 5) is 23.9. The molecule has 0 saturated heterocycles. The first kappa shape index (κ1) is 22.0. The van der Waals surface area contributed by atoms with Crippen LogP contribution in [0.5, 0.6) is 0 Å². The van der Waals surface area contributed by atoms with Gasteiger partial charge in [-0.05, 0) is 74.2 Å². The van der Waals surface area contributed by atoms with Crippen LogP contribution in [0.4, 0.5) is 11.5 Å². The predicted molar refractivity (Wildman–Crippen MR) is 135 cm³/mol. The minimum atomic E-state index is -0.939. The van der Waals surface area contributed by atoms with Gasteiger partial charge in [-0.1, -0.05) is 6.07 Å². The molecule has 0 aliphatic carbocycles. The highest BCUT2D eigenvalue weighted by Gasteiger charge is 2.24. The molecule has 0 bridgehead atoms. The van der Waals surface area contributed by atoms with Gasteiger partial charge in [-0.25, -0.2) is 9.97 Å². The summed E-state index contributed by atoms with van der Waals surface area (Å²) in [5.41, 5.74) is 12.4. The topological polar surface area (TPSA) is 102 Å². The molecule has 1 amide bonds. The monoisotopic (exact) mass is 455 g/mol. The number of hydrogen-bond acceptors (Lipinski definition) is 6. The highest BCUT2D eigenvalue weighted by Crippen LogP contribution is 2.33. The SMILES string of the molecule is Cc1cc(-c2ccnn2C)cc2c(N3CCc4ccc(NC(=O)C(C)(C)N)cc4C3)ncnc12. The molecule has 8 nitrogen and oxygen atoms in total. The van der Waals surface area contributed by atoms with E-state index in [1.54, 1.807) is 26.4 Å². The quantitative estimate of drug-likeness (QED) is 0.488. The molecule has 0 spiro atoms. The summed E-state index contributed by atoms with van der Waals surface area (Å²) in [6.07, 6.45) is 4.35. The van der Waals surface area contributed by atoms with Gasteiger partial charge in [-0.2, -0.15) is 5.10 Å². The molecule has 0 radical (unpaired) electrons. The summed E-state index contributed by atoms with van der Waals surface area (Å²) in [6.45, 7) is 7.04. The van der Waals surface area contributed by atoms with Gasteiger partial charge in [0.25, 0.3) is 0 Å². The number of aryl methyl sites for hydroxylation is 2. The lowest BCUT2D eigenvalue weighted by molar-refractivity contribution is -0.120. The lowest BCUT2D eigenvalue weighted by Gasteiger charge is -2.31. The van der Waals surface area contributed by atoms with Crippen LogP contribution in [-0.2, 0) is 24.8 Å². The molecule has 0 fully saturated rings. The van der Waals surface area contributed by atoms with Crippen LogP contribution in [0.2, 0.25) is 0 Å². The first-order valence-corrected chi connectivity index (χ1v) is 11.4. The van der Waals surface area contributed by atoms with Crippen molar-refractivity contribution in [2.45, 2.75) is 39.3 Å². The van der Waals surface area contributed by atoms with Crippen molar-refractivity contribution in [1.29, 1.82) is 0 Å². The Labute approximate surface area is 198 Å². The van der Waals surface area contributed by atoms with Gasteiger partial charge in [0.05, 0.1) is 16.7 Å². The standard InChI is InChI=1S/C26H29N7O/c1-16-11-18(22-7-9-30-32(22)4)13-21-23(16)28-15-29-24(21)33-10-8-17-5-6-20(12-19(17)14-33)31-25(34)26(2,3)27/h5-7,9,11-13,15H,8,10,14,27H2,1-4H3,(H,31,34). The number of amides is 1. The second kappa shape index (κ2) is 8.22. The second-order valence-corrected chi connectivity index (χ2v) is 9.56. The van der Waals surface area contributed by atoms with Crippen molar-refractivity contribution in [2.75, 3.05) is 16.8 Å². The maximum atomic E-state index is 12.3. The Balaban J connectivity index is 1.51. The Hall–Kier alpha value is -3.78. The fraction of sp³-hybridized carbons (Fsp3) is 0.308. The first-order valence-electron chi connectivity index (χ1n) is 11.4. The number of carbonyl (C=O) groups excluding carboxylic acids is 1. The molecule has 1 aliphatic rings. The Morgan fingerprint density at radius 3 is 2.68 bits per heavy atom. The molecule has 0 atom stereocenters. The Kier molecular flexibility index (Phi) is 5.32. The number of nitrogens with two attached hydrogens (primary N) is 1. The summed E-state index contributed by atoms with van der Waals surface area (Å²) in [5, 5.41) is 8.28. The number of aromatic nitrogens is 4. The van der Waals surface area contributed by atoms with E-state index in [4.69, 9.17) is 10.7 Å². The van der Waals surface area contributed by atoms with Crippen LogP contribution < -0.4 is 16.0 Å². The van der Waals surface area contributed by atoms with E-state index in [9.17, 15) is 4.79 Å². The van der Waals surface area contributed by atoms with E-state index in [0.717, 1.165) is 52.2 Å². The van der Waals surface area contributed by atoms with Crippen molar-refractivity contribution >= 4 is 28.3 Å². The van der Waals surface area contributed by atoms with Gasteiger partial charge in [-0.3, -0.25) is 9.48 Å². The zero-order valence-electron chi connectivity index (χ0n) is 20.0. The van der Waals surface area contributed by atoms with Crippen molar-refractivity contribution in [3.05, 3.63) is 65.6 Å². The van der Waals surface area contributed by atoms with Crippen LogP contribution in [-0.4, -0.2) is 37.7 Å². The minimum absolute atomic E-state index is 0.208. The van der Waals surface area contributed by atoms with Gasteiger partial charge < -0.3 is 16.0 Å². The number of rotatable bonds is 4. The van der Waals surface area contributed by atoms with E-state index in [1.807, 2.05) is 29.9 Å². The molecule has 2 aromatic heterocycles. The van der Waals surface area contributed by atoms with Gasteiger partial charge >= 0.3 is 0 Å². The van der Waals surface area contributed by atoms with E-state index >= 15 is 0 Å². The molecule has 3 N–H and O–H groups in total. The molecule has 2 aromatic carbocycles. The lowest BCUT2D eigenvalue weighted by atomic mass is 9.97. The van der Waals surface area contributed by atoms with E-state index in [-0.39, 0.29) is 5.91 Å². The molecule has 5 rings (SSSR count). The Morgan fingerprint density at radius 1 is 1.12 bits per heavy atom. The smallest absolute Gasteiger partial charge is 0.243 e. The zero-order valence-corrected chi connectivity index (χ0v) is 20.0. The zero-order chi connectivity index (χ0) is 24.0. The number of carbonyl (C=O) groups is 1. The number of nitrogens with one attached hydrogen (secondary N) is 1. The molecule has 174 valence electrons. The largest absolute Gasteiger partial charge is 0.351 e.